The number of halogens is 1. The minimum absolute atomic E-state index is 0.0289. The standard InChI is InChI=1S/C33H23Br/c1-33(2)29-14-8-7-11-23(29)26-18-28-27(19-30(26)33)31(24-12-5-6-13-25(24)32(28)34)22-16-15-20-9-3-4-10-21(20)17-22/h3-19H,1-2H3. The van der Waals surface area contributed by atoms with Crippen LogP contribution in [0.25, 0.3) is 54.6 Å². The van der Waals surface area contributed by atoms with Gasteiger partial charge in [0.25, 0.3) is 0 Å². The molecule has 0 saturated heterocycles. The van der Waals surface area contributed by atoms with Crippen LogP contribution in [0.1, 0.15) is 25.0 Å². The molecule has 0 unspecified atom stereocenters. The molecule has 6 aromatic rings. The van der Waals surface area contributed by atoms with Crippen molar-refractivity contribution >= 4 is 48.2 Å². The summed E-state index contributed by atoms with van der Waals surface area (Å²) in [5, 5.41) is 7.66. The van der Waals surface area contributed by atoms with Crippen LogP contribution in [0.5, 0.6) is 0 Å². The normalized spacial score (nSPS) is 14.0. The molecule has 0 N–H and O–H groups in total. The molecule has 0 aliphatic heterocycles. The van der Waals surface area contributed by atoms with Gasteiger partial charge in [-0.15, -0.1) is 0 Å². The SMILES string of the molecule is CC1(C)c2ccccc2-c2cc3c(Br)c4ccccc4c(-c4ccc5ccccc5c4)c3cc21. The second-order valence-electron chi connectivity index (χ2n) is 9.91. The highest BCUT2D eigenvalue weighted by Gasteiger charge is 2.36. The minimum Gasteiger partial charge on any atom is -0.0619 e. The van der Waals surface area contributed by atoms with Crippen LogP contribution in [0.4, 0.5) is 0 Å². The quantitative estimate of drug-likeness (QED) is 0.198. The van der Waals surface area contributed by atoms with E-state index in [9.17, 15) is 0 Å². The molecule has 0 spiro atoms. The molecular formula is C33H23Br. The Labute approximate surface area is 208 Å². The van der Waals surface area contributed by atoms with Crippen LogP contribution in [0.2, 0.25) is 0 Å². The van der Waals surface area contributed by atoms with Gasteiger partial charge in [0.05, 0.1) is 0 Å². The maximum Gasteiger partial charge on any atom is 0.0332 e. The van der Waals surface area contributed by atoms with Crippen LogP contribution >= 0.6 is 15.9 Å². The number of rotatable bonds is 1. The van der Waals surface area contributed by atoms with Gasteiger partial charge in [-0.05, 0) is 99.8 Å². The molecule has 7 rings (SSSR count). The highest BCUT2D eigenvalue weighted by Crippen LogP contribution is 2.52. The van der Waals surface area contributed by atoms with E-state index in [0.717, 1.165) is 0 Å². The predicted octanol–water partition coefficient (Wildman–Crippen LogP) is 9.88. The van der Waals surface area contributed by atoms with Gasteiger partial charge in [0.15, 0.2) is 0 Å². The fourth-order valence-electron chi connectivity index (χ4n) is 5.97. The van der Waals surface area contributed by atoms with Crippen LogP contribution < -0.4 is 0 Å². The summed E-state index contributed by atoms with van der Waals surface area (Å²) in [5.74, 6) is 0. The van der Waals surface area contributed by atoms with Gasteiger partial charge in [-0.2, -0.15) is 0 Å². The highest BCUT2D eigenvalue weighted by atomic mass is 79.9. The number of benzene rings is 6. The second-order valence-corrected chi connectivity index (χ2v) is 10.7. The van der Waals surface area contributed by atoms with E-state index in [1.165, 1.54) is 70.2 Å². The molecule has 0 atom stereocenters. The van der Waals surface area contributed by atoms with Crippen molar-refractivity contribution in [3.05, 3.63) is 119 Å². The van der Waals surface area contributed by atoms with Crippen LogP contribution in [0.15, 0.2) is 108 Å². The molecule has 0 heterocycles. The first kappa shape index (κ1) is 20.0. The third-order valence-electron chi connectivity index (χ3n) is 7.70. The Bertz CT molecular complexity index is 1790. The first-order chi connectivity index (χ1) is 16.5. The summed E-state index contributed by atoms with van der Waals surface area (Å²) in [6, 6.07) is 38.0. The summed E-state index contributed by atoms with van der Waals surface area (Å²) >= 11 is 4.01. The first-order valence-corrected chi connectivity index (χ1v) is 12.6. The molecule has 0 radical (unpaired) electrons. The van der Waals surface area contributed by atoms with E-state index >= 15 is 0 Å². The number of fused-ring (bicyclic) bond motifs is 6. The summed E-state index contributed by atoms with van der Waals surface area (Å²) in [6.07, 6.45) is 0. The van der Waals surface area contributed by atoms with Crippen molar-refractivity contribution < 1.29 is 0 Å². The van der Waals surface area contributed by atoms with Crippen molar-refractivity contribution in [1.29, 1.82) is 0 Å². The van der Waals surface area contributed by atoms with Crippen molar-refractivity contribution in [2.45, 2.75) is 19.3 Å². The summed E-state index contributed by atoms with van der Waals surface area (Å²) in [5.41, 5.74) is 8.08. The molecule has 0 bridgehead atoms. The smallest absolute Gasteiger partial charge is 0.0332 e. The molecule has 0 fully saturated rings. The summed E-state index contributed by atoms with van der Waals surface area (Å²) in [7, 11) is 0. The summed E-state index contributed by atoms with van der Waals surface area (Å²) in [4.78, 5) is 0. The third-order valence-corrected chi connectivity index (χ3v) is 8.55. The molecule has 0 aromatic heterocycles. The molecular weight excluding hydrogens is 476 g/mol. The minimum atomic E-state index is -0.0289. The monoisotopic (exact) mass is 498 g/mol. The lowest BCUT2D eigenvalue weighted by Crippen LogP contribution is -2.14. The van der Waals surface area contributed by atoms with Crippen LogP contribution in [0.3, 0.4) is 0 Å². The Hall–Kier alpha value is -3.42. The average Bonchev–Trinajstić information content (AvgIpc) is 3.10. The molecule has 0 saturated carbocycles. The highest BCUT2D eigenvalue weighted by molar-refractivity contribution is 9.10. The molecule has 1 heteroatoms. The van der Waals surface area contributed by atoms with Gasteiger partial charge in [-0.1, -0.05) is 98.8 Å². The van der Waals surface area contributed by atoms with Crippen LogP contribution in [-0.2, 0) is 5.41 Å². The van der Waals surface area contributed by atoms with Gasteiger partial charge >= 0.3 is 0 Å². The third kappa shape index (κ3) is 2.65. The van der Waals surface area contributed by atoms with E-state index in [1.54, 1.807) is 0 Å². The second kappa shape index (κ2) is 7.04. The molecule has 6 aromatic carbocycles. The zero-order chi connectivity index (χ0) is 23.0. The van der Waals surface area contributed by atoms with Crippen molar-refractivity contribution in [2.75, 3.05) is 0 Å². The zero-order valence-corrected chi connectivity index (χ0v) is 20.8. The van der Waals surface area contributed by atoms with E-state index in [2.05, 4.69) is 133 Å². The lowest BCUT2D eigenvalue weighted by atomic mass is 9.81. The van der Waals surface area contributed by atoms with E-state index in [1.807, 2.05) is 0 Å². The largest absolute Gasteiger partial charge is 0.0619 e. The van der Waals surface area contributed by atoms with E-state index in [4.69, 9.17) is 0 Å². The van der Waals surface area contributed by atoms with Gasteiger partial charge in [-0.3, -0.25) is 0 Å². The molecule has 162 valence electrons. The van der Waals surface area contributed by atoms with Gasteiger partial charge in [0.2, 0.25) is 0 Å². The van der Waals surface area contributed by atoms with Crippen molar-refractivity contribution in [1.82, 2.24) is 0 Å². The Kier molecular flexibility index (Phi) is 4.14. The average molecular weight is 499 g/mol. The molecule has 0 amide bonds. The summed E-state index contributed by atoms with van der Waals surface area (Å²) in [6.45, 7) is 4.71. The van der Waals surface area contributed by atoms with Crippen molar-refractivity contribution in [2.24, 2.45) is 0 Å². The predicted molar refractivity (Wildman–Crippen MR) is 150 cm³/mol. The van der Waals surface area contributed by atoms with Crippen molar-refractivity contribution in [3.8, 4) is 22.3 Å². The molecule has 34 heavy (non-hydrogen) atoms. The lowest BCUT2D eigenvalue weighted by Gasteiger charge is -2.23. The number of hydrogen-bond donors (Lipinski definition) is 0. The fraction of sp³-hybridized carbons (Fsp3) is 0.0909. The zero-order valence-electron chi connectivity index (χ0n) is 19.2. The topological polar surface area (TPSA) is 0 Å². The van der Waals surface area contributed by atoms with E-state index in [-0.39, 0.29) is 5.41 Å². The summed E-state index contributed by atoms with van der Waals surface area (Å²) < 4.78 is 1.17. The fourth-order valence-corrected chi connectivity index (χ4v) is 6.65. The van der Waals surface area contributed by atoms with Gasteiger partial charge in [0, 0.05) is 9.89 Å². The number of hydrogen-bond acceptors (Lipinski definition) is 0. The molecule has 1 aliphatic carbocycles. The van der Waals surface area contributed by atoms with Gasteiger partial charge < -0.3 is 0 Å². The van der Waals surface area contributed by atoms with Crippen LogP contribution in [-0.4, -0.2) is 0 Å². The van der Waals surface area contributed by atoms with Gasteiger partial charge in [-0.25, -0.2) is 0 Å². The maximum absolute atomic E-state index is 4.01. The van der Waals surface area contributed by atoms with E-state index < -0.39 is 0 Å². The molecule has 1 aliphatic rings. The Morgan fingerprint density at radius 2 is 1.24 bits per heavy atom. The molecule has 0 nitrogen and oxygen atoms in total. The van der Waals surface area contributed by atoms with Crippen molar-refractivity contribution in [3.63, 3.8) is 0 Å². The Morgan fingerprint density at radius 3 is 2.09 bits per heavy atom. The Morgan fingerprint density at radius 1 is 0.529 bits per heavy atom. The van der Waals surface area contributed by atoms with Gasteiger partial charge in [0.1, 0.15) is 0 Å². The first-order valence-electron chi connectivity index (χ1n) is 11.8. The maximum atomic E-state index is 4.01. The Balaban J connectivity index is 1.65. The van der Waals surface area contributed by atoms with Crippen LogP contribution in [0, 0.1) is 0 Å². The lowest BCUT2D eigenvalue weighted by molar-refractivity contribution is 0.661. The van der Waals surface area contributed by atoms with E-state index in [0.29, 0.717) is 0 Å².